The van der Waals surface area contributed by atoms with E-state index < -0.39 is 0 Å². The van der Waals surface area contributed by atoms with E-state index in [1.165, 1.54) is 28.2 Å². The highest BCUT2D eigenvalue weighted by Crippen LogP contribution is 2.15. The predicted octanol–water partition coefficient (Wildman–Crippen LogP) is 2.46. The molecule has 2 N–H and O–H groups in total. The molecular weight excluding hydrogens is 355 g/mol. The van der Waals surface area contributed by atoms with Gasteiger partial charge in [-0.05, 0) is 35.4 Å². The zero-order valence-corrected chi connectivity index (χ0v) is 15.7. The number of hydrogen-bond donors (Lipinski definition) is 2. The molecule has 0 saturated heterocycles. The lowest BCUT2D eigenvalue weighted by Gasteiger charge is -2.31. The van der Waals surface area contributed by atoms with Crippen LogP contribution in [0.3, 0.4) is 0 Å². The van der Waals surface area contributed by atoms with Crippen LogP contribution in [0.5, 0.6) is 0 Å². The van der Waals surface area contributed by atoms with Crippen molar-refractivity contribution in [1.82, 2.24) is 5.32 Å². The van der Waals surface area contributed by atoms with Gasteiger partial charge in [0, 0.05) is 12.0 Å². The van der Waals surface area contributed by atoms with Crippen molar-refractivity contribution in [2.24, 2.45) is 0 Å². The SMILES string of the molecule is O=C(Cc1ccc(F)cc1)NC[C@H](c1ccco1)[NH+]1CCc2ccccc2C1. The monoisotopic (exact) mass is 379 g/mol. The van der Waals surface area contributed by atoms with Gasteiger partial charge in [0.2, 0.25) is 5.91 Å². The summed E-state index contributed by atoms with van der Waals surface area (Å²) in [6, 6.07) is 18.5. The molecule has 28 heavy (non-hydrogen) atoms. The van der Waals surface area contributed by atoms with Crippen LogP contribution in [0, 0.1) is 5.82 Å². The van der Waals surface area contributed by atoms with Gasteiger partial charge in [0.15, 0.2) is 11.8 Å². The van der Waals surface area contributed by atoms with Crippen LogP contribution < -0.4 is 10.2 Å². The lowest BCUT2D eigenvalue weighted by atomic mass is 9.98. The molecule has 144 valence electrons. The maximum Gasteiger partial charge on any atom is 0.224 e. The normalized spacial score (nSPS) is 17.0. The van der Waals surface area contributed by atoms with E-state index in [-0.39, 0.29) is 24.2 Å². The van der Waals surface area contributed by atoms with E-state index in [0.29, 0.717) is 6.54 Å². The molecule has 1 aliphatic heterocycles. The minimum Gasteiger partial charge on any atom is -0.463 e. The maximum atomic E-state index is 13.0. The van der Waals surface area contributed by atoms with Gasteiger partial charge in [0.1, 0.15) is 12.4 Å². The highest BCUT2D eigenvalue weighted by Gasteiger charge is 2.30. The largest absolute Gasteiger partial charge is 0.463 e. The molecule has 1 aliphatic rings. The number of nitrogens with one attached hydrogen (secondary N) is 2. The lowest BCUT2D eigenvalue weighted by molar-refractivity contribution is -0.946. The van der Waals surface area contributed by atoms with Crippen LogP contribution in [0.1, 0.15) is 28.5 Å². The van der Waals surface area contributed by atoms with Gasteiger partial charge in [0.05, 0.1) is 25.8 Å². The first-order valence-corrected chi connectivity index (χ1v) is 9.65. The smallest absolute Gasteiger partial charge is 0.224 e. The Balaban J connectivity index is 1.43. The Kier molecular flexibility index (Phi) is 5.53. The fourth-order valence-electron chi connectivity index (χ4n) is 3.90. The van der Waals surface area contributed by atoms with Crippen LogP contribution in [0.4, 0.5) is 4.39 Å². The average molecular weight is 379 g/mol. The molecule has 1 aromatic heterocycles. The van der Waals surface area contributed by atoms with Crippen molar-refractivity contribution in [2.45, 2.75) is 25.4 Å². The topological polar surface area (TPSA) is 46.7 Å². The van der Waals surface area contributed by atoms with E-state index in [1.807, 2.05) is 12.1 Å². The van der Waals surface area contributed by atoms with Crippen molar-refractivity contribution in [3.63, 3.8) is 0 Å². The predicted molar refractivity (Wildman–Crippen MR) is 104 cm³/mol. The molecule has 1 amide bonds. The van der Waals surface area contributed by atoms with Crippen molar-refractivity contribution >= 4 is 5.91 Å². The Morgan fingerprint density at radius 2 is 1.86 bits per heavy atom. The van der Waals surface area contributed by atoms with E-state index in [1.54, 1.807) is 18.4 Å². The van der Waals surface area contributed by atoms with Crippen LogP contribution in [0.2, 0.25) is 0 Å². The Morgan fingerprint density at radius 3 is 2.61 bits per heavy atom. The molecule has 4 rings (SSSR count). The highest BCUT2D eigenvalue weighted by atomic mass is 19.1. The Hall–Kier alpha value is -2.92. The van der Waals surface area contributed by atoms with Gasteiger partial charge in [-0.15, -0.1) is 0 Å². The summed E-state index contributed by atoms with van der Waals surface area (Å²) in [5, 5.41) is 3.04. The first kappa shape index (κ1) is 18.4. The van der Waals surface area contributed by atoms with E-state index in [9.17, 15) is 9.18 Å². The van der Waals surface area contributed by atoms with Crippen molar-refractivity contribution in [3.05, 3.63) is 95.2 Å². The fourth-order valence-corrected chi connectivity index (χ4v) is 3.90. The van der Waals surface area contributed by atoms with Crippen LogP contribution >= 0.6 is 0 Å². The summed E-state index contributed by atoms with van der Waals surface area (Å²) in [6.45, 7) is 2.41. The summed E-state index contributed by atoms with van der Waals surface area (Å²) in [4.78, 5) is 13.8. The maximum absolute atomic E-state index is 13.0. The standard InChI is InChI=1S/C23H23FN2O2/c24-20-9-7-17(8-10-20)14-23(27)25-15-21(22-6-3-13-28-22)26-12-11-18-4-1-2-5-19(18)16-26/h1-10,13,21H,11-12,14-16H2,(H,25,27)/p+1/t21-/m1/s1. The van der Waals surface area contributed by atoms with Crippen molar-refractivity contribution in [1.29, 1.82) is 0 Å². The summed E-state index contributed by atoms with van der Waals surface area (Å²) < 4.78 is 18.7. The quantitative estimate of drug-likeness (QED) is 0.691. The van der Waals surface area contributed by atoms with Gasteiger partial charge in [-0.25, -0.2) is 4.39 Å². The zero-order chi connectivity index (χ0) is 19.3. The van der Waals surface area contributed by atoms with Crippen molar-refractivity contribution in [2.75, 3.05) is 13.1 Å². The first-order valence-electron chi connectivity index (χ1n) is 9.65. The molecule has 3 aromatic rings. The number of amides is 1. The molecule has 2 atom stereocenters. The first-order chi connectivity index (χ1) is 13.7. The third-order valence-corrected chi connectivity index (χ3v) is 5.41. The van der Waals surface area contributed by atoms with E-state index in [2.05, 4.69) is 29.6 Å². The van der Waals surface area contributed by atoms with Crippen LogP contribution in [0.25, 0.3) is 0 Å². The van der Waals surface area contributed by atoms with Crippen LogP contribution in [-0.2, 0) is 24.2 Å². The molecule has 4 nitrogen and oxygen atoms in total. The molecule has 2 aromatic carbocycles. The molecule has 1 unspecified atom stereocenters. The van der Waals surface area contributed by atoms with E-state index in [0.717, 1.165) is 30.8 Å². The van der Waals surface area contributed by atoms with Gasteiger partial charge in [-0.1, -0.05) is 36.4 Å². The van der Waals surface area contributed by atoms with Gasteiger partial charge in [-0.3, -0.25) is 4.79 Å². The van der Waals surface area contributed by atoms with Crippen LogP contribution in [-0.4, -0.2) is 19.0 Å². The highest BCUT2D eigenvalue weighted by molar-refractivity contribution is 5.78. The van der Waals surface area contributed by atoms with Crippen molar-refractivity contribution < 1.29 is 18.5 Å². The summed E-state index contributed by atoms with van der Waals surface area (Å²) in [5.41, 5.74) is 3.57. The third kappa shape index (κ3) is 4.31. The van der Waals surface area contributed by atoms with Crippen molar-refractivity contribution in [3.8, 4) is 0 Å². The summed E-state index contributed by atoms with van der Waals surface area (Å²) in [7, 11) is 0. The molecule has 0 bridgehead atoms. The molecule has 2 heterocycles. The minimum atomic E-state index is -0.295. The second kappa shape index (κ2) is 8.40. The molecule has 0 aliphatic carbocycles. The third-order valence-electron chi connectivity index (χ3n) is 5.41. The second-order valence-electron chi connectivity index (χ2n) is 7.28. The minimum absolute atomic E-state index is 0.0560. The van der Waals surface area contributed by atoms with E-state index >= 15 is 0 Å². The molecule has 0 spiro atoms. The molecule has 0 radical (unpaired) electrons. The van der Waals surface area contributed by atoms with E-state index in [4.69, 9.17) is 4.42 Å². The average Bonchev–Trinajstić information content (AvgIpc) is 3.24. The van der Waals surface area contributed by atoms with Crippen LogP contribution in [0.15, 0.2) is 71.3 Å². The molecular formula is C23H24FN2O2+. The number of benzene rings is 2. The summed E-state index contributed by atoms with van der Waals surface area (Å²) in [5.74, 6) is 0.521. The number of halogens is 1. The fraction of sp³-hybridized carbons (Fsp3) is 0.261. The number of quaternary nitrogens is 1. The summed E-state index contributed by atoms with van der Waals surface area (Å²) >= 11 is 0. The second-order valence-corrected chi connectivity index (χ2v) is 7.28. The number of furan rings is 1. The zero-order valence-electron chi connectivity index (χ0n) is 15.7. The summed E-state index contributed by atoms with van der Waals surface area (Å²) in [6.07, 6.45) is 2.94. The Morgan fingerprint density at radius 1 is 1.07 bits per heavy atom. The van der Waals surface area contributed by atoms with Gasteiger partial charge >= 0.3 is 0 Å². The van der Waals surface area contributed by atoms with Gasteiger partial charge in [-0.2, -0.15) is 0 Å². The number of carbonyl (C=O) groups is 1. The number of rotatable bonds is 6. The van der Waals surface area contributed by atoms with Gasteiger partial charge < -0.3 is 14.6 Å². The Labute approximate surface area is 164 Å². The molecule has 0 saturated carbocycles. The Bertz CT molecular complexity index is 922. The lowest BCUT2D eigenvalue weighted by Crippen LogP contribution is -3.12. The van der Waals surface area contributed by atoms with Gasteiger partial charge in [0.25, 0.3) is 0 Å². The molecule has 0 fully saturated rings. The number of carbonyl (C=O) groups excluding carboxylic acids is 1. The number of fused-ring (bicyclic) bond motifs is 1. The molecule has 5 heteroatoms. The number of hydrogen-bond acceptors (Lipinski definition) is 2.